The first-order valence-electron chi connectivity index (χ1n) is 4.65. The Bertz CT molecular complexity index is 181. The molecular weight excluding hydrogens is 166 g/mol. The Morgan fingerprint density at radius 3 is 2.42 bits per heavy atom. The van der Waals surface area contributed by atoms with Crippen LogP contribution in [0.15, 0.2) is 0 Å². The molecule has 1 aliphatic rings. The van der Waals surface area contributed by atoms with Crippen molar-refractivity contribution < 1.29 is 0 Å². The van der Waals surface area contributed by atoms with Gasteiger partial charge in [-0.05, 0) is 27.7 Å². The SMILES string of the molecule is C=S1CCN(C(C)(C)C)[C@H](C)C1. The lowest BCUT2D eigenvalue weighted by atomic mass is 10.0. The Kier molecular flexibility index (Phi) is 3.00. The number of hydrogen-bond acceptors (Lipinski definition) is 1. The third kappa shape index (κ3) is 2.33. The molecule has 0 spiro atoms. The first-order chi connectivity index (χ1) is 5.41. The Labute approximate surface area is 79.1 Å². The second kappa shape index (κ2) is 3.51. The summed E-state index contributed by atoms with van der Waals surface area (Å²) in [7, 11) is 0.433. The third-order valence-corrected chi connectivity index (χ3v) is 4.21. The van der Waals surface area contributed by atoms with Crippen LogP contribution in [0.25, 0.3) is 0 Å². The average molecular weight is 187 g/mol. The summed E-state index contributed by atoms with van der Waals surface area (Å²) in [5, 5.41) is 0. The highest BCUT2D eigenvalue weighted by molar-refractivity contribution is 8.14. The smallest absolute Gasteiger partial charge is 0.0158 e. The van der Waals surface area contributed by atoms with Gasteiger partial charge in [-0.1, -0.05) is 5.87 Å². The van der Waals surface area contributed by atoms with Crippen LogP contribution >= 0.6 is 10.5 Å². The molecule has 2 heteroatoms. The Morgan fingerprint density at radius 1 is 1.42 bits per heavy atom. The van der Waals surface area contributed by atoms with E-state index in [1.54, 1.807) is 0 Å². The fourth-order valence-electron chi connectivity index (χ4n) is 1.96. The molecule has 72 valence electrons. The quantitative estimate of drug-likeness (QED) is 0.525. The molecule has 1 heterocycles. The number of rotatable bonds is 0. The molecule has 0 N–H and O–H groups in total. The van der Waals surface area contributed by atoms with Crippen LogP contribution in [0.3, 0.4) is 0 Å². The largest absolute Gasteiger partial charge is 0.294 e. The van der Waals surface area contributed by atoms with Gasteiger partial charge in [-0.15, -0.1) is 0 Å². The lowest BCUT2D eigenvalue weighted by Gasteiger charge is -2.44. The summed E-state index contributed by atoms with van der Waals surface area (Å²) in [4.78, 5) is 2.60. The monoisotopic (exact) mass is 187 g/mol. The first kappa shape index (κ1) is 10.3. The van der Waals surface area contributed by atoms with Crippen molar-refractivity contribution in [1.82, 2.24) is 4.90 Å². The van der Waals surface area contributed by atoms with Crippen LogP contribution in [-0.4, -0.2) is 40.4 Å². The molecule has 1 rings (SSSR count). The van der Waals surface area contributed by atoms with Gasteiger partial charge < -0.3 is 0 Å². The van der Waals surface area contributed by atoms with Crippen LogP contribution in [-0.2, 0) is 0 Å². The van der Waals surface area contributed by atoms with Gasteiger partial charge in [-0.2, -0.15) is 10.5 Å². The van der Waals surface area contributed by atoms with Crippen molar-refractivity contribution >= 4 is 16.4 Å². The second-order valence-electron chi connectivity index (χ2n) is 4.70. The second-order valence-corrected chi connectivity index (χ2v) is 6.66. The maximum absolute atomic E-state index is 4.17. The fraction of sp³-hybridized carbons (Fsp3) is 0.900. The minimum Gasteiger partial charge on any atom is -0.294 e. The highest BCUT2D eigenvalue weighted by atomic mass is 32.2. The summed E-state index contributed by atoms with van der Waals surface area (Å²) in [6.45, 7) is 10.5. The summed E-state index contributed by atoms with van der Waals surface area (Å²) in [5.74, 6) is 6.75. The predicted molar refractivity (Wildman–Crippen MR) is 60.4 cm³/mol. The van der Waals surface area contributed by atoms with Gasteiger partial charge in [-0.25, -0.2) is 0 Å². The average Bonchev–Trinajstić information content (AvgIpc) is 1.83. The molecule has 0 radical (unpaired) electrons. The maximum atomic E-state index is 4.17. The van der Waals surface area contributed by atoms with E-state index >= 15 is 0 Å². The van der Waals surface area contributed by atoms with Crippen molar-refractivity contribution in [3.8, 4) is 0 Å². The van der Waals surface area contributed by atoms with Crippen LogP contribution in [0.4, 0.5) is 0 Å². The molecule has 0 amide bonds. The standard InChI is InChI=1S/C10H21NS/c1-9-8-12(5)7-6-11(9)10(2,3)4/h9H,5-8H2,1-4H3/t9-,12?/m1/s1. The topological polar surface area (TPSA) is 3.24 Å². The molecule has 0 saturated carbocycles. The molecule has 1 fully saturated rings. The van der Waals surface area contributed by atoms with Crippen molar-refractivity contribution in [2.24, 2.45) is 0 Å². The van der Waals surface area contributed by atoms with Gasteiger partial charge in [0.2, 0.25) is 0 Å². The highest BCUT2D eigenvalue weighted by Crippen LogP contribution is 2.26. The number of nitrogens with zero attached hydrogens (tertiary/aromatic N) is 1. The molecule has 2 atom stereocenters. The van der Waals surface area contributed by atoms with Gasteiger partial charge >= 0.3 is 0 Å². The van der Waals surface area contributed by atoms with Crippen molar-refractivity contribution in [1.29, 1.82) is 0 Å². The summed E-state index contributed by atoms with van der Waals surface area (Å²) in [5.41, 5.74) is 0.337. The van der Waals surface area contributed by atoms with Crippen molar-refractivity contribution in [2.75, 3.05) is 18.1 Å². The zero-order valence-electron chi connectivity index (χ0n) is 8.76. The molecule has 12 heavy (non-hydrogen) atoms. The van der Waals surface area contributed by atoms with E-state index in [-0.39, 0.29) is 0 Å². The summed E-state index contributed by atoms with van der Waals surface area (Å²) in [6, 6.07) is 0.722. The van der Waals surface area contributed by atoms with E-state index in [2.05, 4.69) is 38.5 Å². The highest BCUT2D eigenvalue weighted by Gasteiger charge is 2.28. The normalized spacial score (nSPS) is 33.7. The first-order valence-corrected chi connectivity index (χ1v) is 6.38. The van der Waals surface area contributed by atoms with E-state index in [0.717, 1.165) is 6.04 Å². The van der Waals surface area contributed by atoms with E-state index in [0.29, 0.717) is 16.0 Å². The van der Waals surface area contributed by atoms with Crippen LogP contribution < -0.4 is 0 Å². The predicted octanol–water partition coefficient (Wildman–Crippen LogP) is 2.19. The third-order valence-electron chi connectivity index (χ3n) is 2.49. The number of hydrogen-bond donors (Lipinski definition) is 0. The molecule has 1 unspecified atom stereocenters. The van der Waals surface area contributed by atoms with Crippen molar-refractivity contribution in [3.63, 3.8) is 0 Å². The van der Waals surface area contributed by atoms with Crippen molar-refractivity contribution in [3.05, 3.63) is 0 Å². The lowest BCUT2D eigenvalue weighted by Crippen LogP contribution is -2.51. The molecule has 0 bridgehead atoms. The Balaban J connectivity index is 2.62. The zero-order chi connectivity index (χ0) is 9.35. The van der Waals surface area contributed by atoms with Crippen LogP contribution in [0, 0.1) is 0 Å². The minimum absolute atomic E-state index is 0.337. The zero-order valence-corrected chi connectivity index (χ0v) is 9.58. The van der Waals surface area contributed by atoms with Crippen LogP contribution in [0.2, 0.25) is 0 Å². The molecule has 0 aromatic carbocycles. The summed E-state index contributed by atoms with van der Waals surface area (Å²) >= 11 is 0. The van der Waals surface area contributed by atoms with Crippen LogP contribution in [0.5, 0.6) is 0 Å². The van der Waals surface area contributed by atoms with E-state index < -0.39 is 0 Å². The maximum Gasteiger partial charge on any atom is 0.0158 e. The molecular formula is C10H21NS. The molecule has 0 aromatic rings. The van der Waals surface area contributed by atoms with Gasteiger partial charge in [-0.3, -0.25) is 4.90 Å². The minimum atomic E-state index is 0.337. The molecule has 1 nitrogen and oxygen atoms in total. The Morgan fingerprint density at radius 2 is 2.00 bits per heavy atom. The fourth-order valence-corrected chi connectivity index (χ4v) is 3.44. The van der Waals surface area contributed by atoms with E-state index in [4.69, 9.17) is 0 Å². The molecule has 1 aliphatic heterocycles. The summed E-state index contributed by atoms with van der Waals surface area (Å²) in [6.07, 6.45) is 0. The van der Waals surface area contributed by atoms with E-state index in [1.807, 2.05) is 0 Å². The van der Waals surface area contributed by atoms with E-state index in [9.17, 15) is 0 Å². The van der Waals surface area contributed by atoms with E-state index in [1.165, 1.54) is 18.1 Å². The van der Waals surface area contributed by atoms with Crippen LogP contribution in [0.1, 0.15) is 27.7 Å². The molecule has 0 aromatic heterocycles. The molecule has 1 saturated heterocycles. The van der Waals surface area contributed by atoms with Gasteiger partial charge in [0.1, 0.15) is 0 Å². The van der Waals surface area contributed by atoms with Crippen molar-refractivity contribution in [2.45, 2.75) is 39.3 Å². The summed E-state index contributed by atoms with van der Waals surface area (Å²) < 4.78 is 0. The lowest BCUT2D eigenvalue weighted by molar-refractivity contribution is 0.106. The van der Waals surface area contributed by atoms with Gasteiger partial charge in [0.15, 0.2) is 0 Å². The van der Waals surface area contributed by atoms with Gasteiger partial charge in [0.25, 0.3) is 0 Å². The Hall–Kier alpha value is 0.180. The van der Waals surface area contributed by atoms with Gasteiger partial charge in [0.05, 0.1) is 0 Å². The van der Waals surface area contributed by atoms with Gasteiger partial charge in [0, 0.05) is 29.6 Å². The molecule has 0 aliphatic carbocycles.